The van der Waals surface area contributed by atoms with Crippen molar-refractivity contribution in [2.45, 2.75) is 36.2 Å². The van der Waals surface area contributed by atoms with Crippen LogP contribution in [0.2, 0.25) is 0 Å². The van der Waals surface area contributed by atoms with E-state index in [0.29, 0.717) is 17.0 Å². The second kappa shape index (κ2) is 5.59. The van der Waals surface area contributed by atoms with Crippen LogP contribution in [-0.4, -0.2) is 56.9 Å². The topological polar surface area (TPSA) is 52.7 Å². The molecule has 0 bridgehead atoms. The van der Waals surface area contributed by atoms with Crippen molar-refractivity contribution in [1.82, 2.24) is 9.21 Å². The molecule has 2 heterocycles. The maximum Gasteiger partial charge on any atom is 0.242 e. The van der Waals surface area contributed by atoms with Crippen LogP contribution < -0.4 is 5.32 Å². The molecule has 1 aromatic rings. The summed E-state index contributed by atoms with van der Waals surface area (Å²) in [6.45, 7) is 2.36. The van der Waals surface area contributed by atoms with Crippen molar-refractivity contribution >= 4 is 15.7 Å². The Kier molecular flexibility index (Phi) is 3.94. The van der Waals surface area contributed by atoms with Gasteiger partial charge in [-0.1, -0.05) is 6.07 Å². The van der Waals surface area contributed by atoms with Gasteiger partial charge in [0.1, 0.15) is 0 Å². The molecule has 6 heteroatoms. The Morgan fingerprint density at radius 1 is 1.24 bits per heavy atom. The fourth-order valence-corrected chi connectivity index (χ4v) is 4.37. The number of hydrogen-bond acceptors (Lipinski definition) is 4. The lowest BCUT2D eigenvalue weighted by Crippen LogP contribution is -2.33. The lowest BCUT2D eigenvalue weighted by molar-refractivity contribution is 0.318. The molecule has 0 saturated carbocycles. The van der Waals surface area contributed by atoms with Crippen LogP contribution in [-0.2, 0) is 10.0 Å². The zero-order valence-electron chi connectivity index (χ0n) is 12.6. The van der Waals surface area contributed by atoms with Gasteiger partial charge in [-0.15, -0.1) is 0 Å². The molecule has 0 amide bonds. The number of hydrogen-bond donors (Lipinski definition) is 1. The van der Waals surface area contributed by atoms with Crippen LogP contribution in [0.5, 0.6) is 0 Å². The molecule has 3 rings (SSSR count). The number of nitrogens with zero attached hydrogens (tertiary/aromatic N) is 2. The monoisotopic (exact) mass is 309 g/mol. The molecule has 0 aromatic heterocycles. The maximum absolute atomic E-state index is 12.2. The summed E-state index contributed by atoms with van der Waals surface area (Å²) in [6, 6.07) is 8.19. The van der Waals surface area contributed by atoms with E-state index in [1.165, 1.54) is 23.7 Å². The highest BCUT2D eigenvalue weighted by Crippen LogP contribution is 2.30. The van der Waals surface area contributed by atoms with E-state index in [4.69, 9.17) is 0 Å². The van der Waals surface area contributed by atoms with Crippen LogP contribution in [0.1, 0.15) is 19.3 Å². The van der Waals surface area contributed by atoms with Gasteiger partial charge in [0.2, 0.25) is 10.0 Å². The molecule has 1 aromatic carbocycles. The SMILES string of the molecule is CN(C)S(=O)(=O)c1cccc(NC2CCN3CCCC23)c1. The van der Waals surface area contributed by atoms with Crippen LogP contribution in [0, 0.1) is 0 Å². The van der Waals surface area contributed by atoms with E-state index < -0.39 is 10.0 Å². The first kappa shape index (κ1) is 14.8. The smallest absolute Gasteiger partial charge is 0.242 e. The minimum absolute atomic E-state index is 0.346. The molecule has 21 heavy (non-hydrogen) atoms. The molecular formula is C15H23N3O2S. The van der Waals surface area contributed by atoms with Gasteiger partial charge in [0.15, 0.2) is 0 Å². The van der Waals surface area contributed by atoms with Gasteiger partial charge in [0.05, 0.1) is 4.90 Å². The zero-order valence-corrected chi connectivity index (χ0v) is 13.4. The Morgan fingerprint density at radius 2 is 2.05 bits per heavy atom. The van der Waals surface area contributed by atoms with Crippen molar-refractivity contribution in [2.75, 3.05) is 32.5 Å². The first-order valence-corrected chi connectivity index (χ1v) is 8.96. The number of rotatable bonds is 4. The number of anilines is 1. The van der Waals surface area contributed by atoms with Crippen molar-refractivity contribution in [3.63, 3.8) is 0 Å². The standard InChI is InChI=1S/C15H23N3O2S/c1-17(2)21(19,20)13-6-3-5-12(11-13)16-14-8-10-18-9-4-7-15(14)18/h3,5-6,11,14-16H,4,7-10H2,1-2H3. The Labute approximate surface area is 127 Å². The van der Waals surface area contributed by atoms with Gasteiger partial charge >= 0.3 is 0 Å². The minimum Gasteiger partial charge on any atom is -0.381 e. The van der Waals surface area contributed by atoms with Crippen LogP contribution in [0.4, 0.5) is 5.69 Å². The van der Waals surface area contributed by atoms with Crippen LogP contribution in [0.25, 0.3) is 0 Å². The van der Waals surface area contributed by atoms with E-state index in [-0.39, 0.29) is 0 Å². The van der Waals surface area contributed by atoms with E-state index in [0.717, 1.165) is 18.7 Å². The maximum atomic E-state index is 12.2. The van der Waals surface area contributed by atoms with Gasteiger partial charge in [-0.25, -0.2) is 12.7 Å². The Balaban J connectivity index is 1.78. The van der Waals surface area contributed by atoms with Crippen LogP contribution in [0.15, 0.2) is 29.2 Å². The Hall–Kier alpha value is -1.11. The number of sulfonamides is 1. The van der Waals surface area contributed by atoms with Crippen molar-refractivity contribution < 1.29 is 8.42 Å². The summed E-state index contributed by atoms with van der Waals surface area (Å²) in [6.07, 6.45) is 3.65. The highest BCUT2D eigenvalue weighted by atomic mass is 32.2. The third-order valence-corrected chi connectivity index (χ3v) is 6.38. The van der Waals surface area contributed by atoms with E-state index in [2.05, 4.69) is 10.2 Å². The molecule has 0 aliphatic carbocycles. The molecule has 0 radical (unpaired) electrons. The van der Waals surface area contributed by atoms with Crippen molar-refractivity contribution in [2.24, 2.45) is 0 Å². The molecule has 2 saturated heterocycles. The minimum atomic E-state index is -3.37. The van der Waals surface area contributed by atoms with E-state index >= 15 is 0 Å². The molecule has 0 spiro atoms. The lowest BCUT2D eigenvalue weighted by Gasteiger charge is -2.22. The highest BCUT2D eigenvalue weighted by molar-refractivity contribution is 7.89. The second-order valence-corrected chi connectivity index (χ2v) is 8.25. The molecule has 1 N–H and O–H groups in total. The normalized spacial score (nSPS) is 26.2. The fraction of sp³-hybridized carbons (Fsp3) is 0.600. The van der Waals surface area contributed by atoms with E-state index in [1.54, 1.807) is 32.3 Å². The molecular weight excluding hydrogens is 286 g/mol. The third-order valence-electron chi connectivity index (χ3n) is 4.57. The fourth-order valence-electron chi connectivity index (χ4n) is 3.42. The van der Waals surface area contributed by atoms with Gasteiger partial charge in [-0.2, -0.15) is 0 Å². The molecule has 2 aliphatic rings. The molecule has 5 nitrogen and oxygen atoms in total. The summed E-state index contributed by atoms with van der Waals surface area (Å²) < 4.78 is 25.6. The third kappa shape index (κ3) is 2.80. The Bertz CT molecular complexity index is 615. The van der Waals surface area contributed by atoms with Gasteiger partial charge in [0, 0.05) is 38.4 Å². The number of nitrogens with one attached hydrogen (secondary N) is 1. The summed E-state index contributed by atoms with van der Waals surface area (Å²) in [7, 11) is -0.251. The summed E-state index contributed by atoms with van der Waals surface area (Å²) in [4.78, 5) is 2.89. The van der Waals surface area contributed by atoms with Crippen LogP contribution in [0.3, 0.4) is 0 Å². The number of fused-ring (bicyclic) bond motifs is 1. The summed E-state index contributed by atoms with van der Waals surface area (Å²) in [5, 5.41) is 3.54. The van der Waals surface area contributed by atoms with Gasteiger partial charge in [-0.05, 0) is 44.0 Å². The van der Waals surface area contributed by atoms with Gasteiger partial charge in [0.25, 0.3) is 0 Å². The van der Waals surface area contributed by atoms with E-state index in [1.807, 2.05) is 6.07 Å². The highest BCUT2D eigenvalue weighted by Gasteiger charge is 2.37. The molecule has 116 valence electrons. The van der Waals surface area contributed by atoms with Crippen molar-refractivity contribution in [1.29, 1.82) is 0 Å². The molecule has 2 fully saturated rings. The summed E-state index contributed by atoms with van der Waals surface area (Å²) in [5.41, 5.74) is 0.900. The first-order chi connectivity index (χ1) is 9.98. The average Bonchev–Trinajstić information content (AvgIpc) is 3.04. The summed E-state index contributed by atoms with van der Waals surface area (Å²) in [5.74, 6) is 0. The number of benzene rings is 1. The molecule has 2 atom stereocenters. The largest absolute Gasteiger partial charge is 0.381 e. The van der Waals surface area contributed by atoms with Gasteiger partial charge in [-0.3, -0.25) is 4.90 Å². The van der Waals surface area contributed by atoms with E-state index in [9.17, 15) is 8.42 Å². The lowest BCUT2D eigenvalue weighted by atomic mass is 10.1. The average molecular weight is 309 g/mol. The van der Waals surface area contributed by atoms with Crippen molar-refractivity contribution in [3.8, 4) is 0 Å². The quantitative estimate of drug-likeness (QED) is 0.917. The molecule has 2 aliphatic heterocycles. The van der Waals surface area contributed by atoms with Crippen molar-refractivity contribution in [3.05, 3.63) is 24.3 Å². The van der Waals surface area contributed by atoms with Crippen LogP contribution >= 0.6 is 0 Å². The van der Waals surface area contributed by atoms with Gasteiger partial charge < -0.3 is 5.32 Å². The predicted octanol–water partition coefficient (Wildman–Crippen LogP) is 1.59. The zero-order chi connectivity index (χ0) is 15.0. The molecule has 2 unspecified atom stereocenters. The first-order valence-electron chi connectivity index (χ1n) is 7.51. The predicted molar refractivity (Wildman–Crippen MR) is 83.9 cm³/mol. The second-order valence-electron chi connectivity index (χ2n) is 6.10. The Morgan fingerprint density at radius 3 is 2.81 bits per heavy atom. The summed E-state index contributed by atoms with van der Waals surface area (Å²) >= 11 is 0.